The van der Waals surface area contributed by atoms with Crippen LogP contribution in [0.4, 0.5) is 0 Å². The van der Waals surface area contributed by atoms with Crippen molar-refractivity contribution in [2.75, 3.05) is 0 Å². The average Bonchev–Trinajstić information content (AvgIpc) is 2.01. The minimum absolute atomic E-state index is 0.199. The number of hydrogen-bond acceptors (Lipinski definition) is 0. The first-order valence-corrected chi connectivity index (χ1v) is 5.73. The van der Waals surface area contributed by atoms with Crippen molar-refractivity contribution < 1.29 is 0 Å². The molecule has 0 atom stereocenters. The topological polar surface area (TPSA) is 0 Å². The molecule has 1 aromatic rings. The van der Waals surface area contributed by atoms with Gasteiger partial charge in [-0.15, -0.1) is 0 Å². The third kappa shape index (κ3) is 2.38. The van der Waals surface area contributed by atoms with Gasteiger partial charge in [0.25, 0.3) is 0 Å². The van der Waals surface area contributed by atoms with E-state index in [1.54, 1.807) is 0 Å². The van der Waals surface area contributed by atoms with E-state index in [9.17, 15) is 0 Å². The smallest absolute Gasteiger partial charge is 0.0250 e. The summed E-state index contributed by atoms with van der Waals surface area (Å²) in [6, 6.07) is 6.48. The number of halogens is 1. The molecule has 0 heterocycles. The van der Waals surface area contributed by atoms with E-state index in [2.05, 4.69) is 68.7 Å². The lowest BCUT2D eigenvalue weighted by molar-refractivity contribution is 0.586. The third-order valence-electron chi connectivity index (χ3n) is 2.35. The molecule has 0 N–H and O–H groups in total. The van der Waals surface area contributed by atoms with E-state index < -0.39 is 0 Å². The molecule has 0 nitrogen and oxygen atoms in total. The largest absolute Gasteiger partial charge is 0.0616 e. The lowest BCUT2D eigenvalue weighted by Gasteiger charge is -2.23. The lowest BCUT2D eigenvalue weighted by Crippen LogP contribution is -2.13. The van der Waals surface area contributed by atoms with Gasteiger partial charge in [0, 0.05) is 4.47 Å². The molecule has 77 valence electrons. The van der Waals surface area contributed by atoms with Gasteiger partial charge in [0.15, 0.2) is 0 Å². The van der Waals surface area contributed by atoms with Crippen molar-refractivity contribution in [1.82, 2.24) is 0 Å². The molecule has 0 saturated carbocycles. The normalized spacial score (nSPS) is 12.2. The number of rotatable bonds is 1. The number of benzene rings is 1. The van der Waals surface area contributed by atoms with Gasteiger partial charge in [0.2, 0.25) is 0 Å². The van der Waals surface area contributed by atoms with Crippen molar-refractivity contribution in [2.24, 2.45) is 0 Å². The first-order chi connectivity index (χ1) is 6.34. The predicted octanol–water partition coefficient (Wildman–Crippen LogP) is 4.71. The van der Waals surface area contributed by atoms with Crippen LogP contribution < -0.4 is 0 Å². The molecule has 14 heavy (non-hydrogen) atoms. The van der Waals surface area contributed by atoms with Crippen LogP contribution in [0.1, 0.15) is 45.7 Å². The number of hydrogen-bond donors (Lipinski definition) is 0. The zero-order chi connectivity index (χ0) is 10.9. The van der Waals surface area contributed by atoms with E-state index in [-0.39, 0.29) is 5.41 Å². The molecule has 0 spiro atoms. The zero-order valence-electron chi connectivity index (χ0n) is 9.61. The minimum Gasteiger partial charge on any atom is -0.0616 e. The lowest BCUT2D eigenvalue weighted by atomic mass is 9.85. The fraction of sp³-hybridized carbons (Fsp3) is 0.462. The molecular formula is C13H18Br. The maximum absolute atomic E-state index is 3.70. The monoisotopic (exact) mass is 253 g/mol. The van der Waals surface area contributed by atoms with Gasteiger partial charge in [-0.1, -0.05) is 68.7 Å². The van der Waals surface area contributed by atoms with E-state index in [1.165, 1.54) is 21.5 Å². The molecule has 0 saturated heterocycles. The first-order valence-electron chi connectivity index (χ1n) is 4.93. The average molecular weight is 254 g/mol. The predicted molar refractivity (Wildman–Crippen MR) is 66.5 cm³/mol. The first kappa shape index (κ1) is 11.8. The highest BCUT2D eigenvalue weighted by Crippen LogP contribution is 2.34. The molecule has 1 rings (SSSR count). The molecule has 1 aromatic carbocycles. The third-order valence-corrected chi connectivity index (χ3v) is 3.20. The van der Waals surface area contributed by atoms with Crippen LogP contribution in [-0.4, -0.2) is 0 Å². The van der Waals surface area contributed by atoms with Crippen LogP contribution in [0.3, 0.4) is 0 Å². The molecule has 0 unspecified atom stereocenters. The quantitative estimate of drug-likeness (QED) is 0.680. The Labute approximate surface area is 95.9 Å². The van der Waals surface area contributed by atoms with E-state index in [4.69, 9.17) is 0 Å². The van der Waals surface area contributed by atoms with Crippen molar-refractivity contribution in [3.63, 3.8) is 0 Å². The summed E-state index contributed by atoms with van der Waals surface area (Å²) in [5, 5.41) is 0. The molecule has 0 aromatic heterocycles. The fourth-order valence-corrected chi connectivity index (χ4v) is 2.75. The molecule has 0 fully saturated rings. The summed E-state index contributed by atoms with van der Waals surface area (Å²) in [6.45, 7) is 11.0. The van der Waals surface area contributed by atoms with Crippen LogP contribution in [0, 0.1) is 5.92 Å². The van der Waals surface area contributed by atoms with Gasteiger partial charge >= 0.3 is 0 Å². The van der Waals surface area contributed by atoms with Gasteiger partial charge < -0.3 is 0 Å². The Morgan fingerprint density at radius 1 is 1.14 bits per heavy atom. The van der Waals surface area contributed by atoms with Crippen LogP contribution in [0.5, 0.6) is 0 Å². The van der Waals surface area contributed by atoms with Crippen molar-refractivity contribution in [3.8, 4) is 0 Å². The Morgan fingerprint density at radius 2 is 1.71 bits per heavy atom. The van der Waals surface area contributed by atoms with E-state index in [0.717, 1.165) is 0 Å². The Bertz CT molecular complexity index is 318. The molecule has 0 amide bonds. The second-order valence-corrected chi connectivity index (χ2v) is 5.71. The summed E-state index contributed by atoms with van der Waals surface area (Å²) in [5.74, 6) is 1.35. The maximum atomic E-state index is 3.70. The van der Waals surface area contributed by atoms with Gasteiger partial charge in [0.05, 0.1) is 0 Å². The fourth-order valence-electron chi connectivity index (χ4n) is 1.50. The van der Waals surface area contributed by atoms with Crippen molar-refractivity contribution in [2.45, 2.75) is 40.0 Å². The minimum atomic E-state index is 0.199. The molecule has 1 radical (unpaired) electrons. The maximum Gasteiger partial charge on any atom is 0.0250 e. The Kier molecular flexibility index (Phi) is 3.41. The summed E-state index contributed by atoms with van der Waals surface area (Å²) in [4.78, 5) is 0. The van der Waals surface area contributed by atoms with Gasteiger partial charge in [-0.05, 0) is 22.5 Å². The van der Waals surface area contributed by atoms with E-state index in [1.807, 2.05) is 0 Å². The SMILES string of the molecule is C[C](C)c1cccc(C(C)(C)C)c1Br. The Morgan fingerprint density at radius 3 is 2.14 bits per heavy atom. The van der Waals surface area contributed by atoms with Crippen LogP contribution in [-0.2, 0) is 5.41 Å². The highest BCUT2D eigenvalue weighted by Gasteiger charge is 2.19. The second-order valence-electron chi connectivity index (χ2n) is 4.92. The van der Waals surface area contributed by atoms with Crippen LogP contribution in [0.15, 0.2) is 22.7 Å². The summed E-state index contributed by atoms with van der Waals surface area (Å²) < 4.78 is 1.24. The van der Waals surface area contributed by atoms with Crippen LogP contribution in [0.2, 0.25) is 0 Å². The Hall–Kier alpha value is -0.300. The van der Waals surface area contributed by atoms with Crippen LogP contribution in [0.25, 0.3) is 0 Å². The van der Waals surface area contributed by atoms with Gasteiger partial charge in [-0.3, -0.25) is 0 Å². The van der Waals surface area contributed by atoms with E-state index in [0.29, 0.717) is 0 Å². The van der Waals surface area contributed by atoms with Crippen LogP contribution >= 0.6 is 15.9 Å². The highest BCUT2D eigenvalue weighted by atomic mass is 79.9. The molecule has 0 aliphatic rings. The summed E-state index contributed by atoms with van der Waals surface area (Å²) >= 11 is 3.70. The highest BCUT2D eigenvalue weighted by molar-refractivity contribution is 9.10. The molecular weight excluding hydrogens is 236 g/mol. The summed E-state index contributed by atoms with van der Waals surface area (Å²) in [7, 11) is 0. The molecule has 1 heteroatoms. The Balaban J connectivity index is 3.28. The summed E-state index contributed by atoms with van der Waals surface area (Å²) in [6.07, 6.45) is 0. The second kappa shape index (κ2) is 4.06. The van der Waals surface area contributed by atoms with Gasteiger partial charge in [-0.25, -0.2) is 0 Å². The van der Waals surface area contributed by atoms with Crippen molar-refractivity contribution in [3.05, 3.63) is 39.7 Å². The molecule has 0 aliphatic heterocycles. The molecule has 0 bridgehead atoms. The van der Waals surface area contributed by atoms with Gasteiger partial charge in [0.1, 0.15) is 0 Å². The standard InChI is InChI=1S/C13H18Br/c1-9(2)10-7-6-8-11(12(10)14)13(3,4)5/h6-8H,1-5H3. The zero-order valence-corrected chi connectivity index (χ0v) is 11.2. The van der Waals surface area contributed by atoms with Gasteiger partial charge in [-0.2, -0.15) is 0 Å². The summed E-state index contributed by atoms with van der Waals surface area (Å²) in [5.41, 5.74) is 2.89. The van der Waals surface area contributed by atoms with Crippen molar-refractivity contribution >= 4 is 15.9 Å². The van der Waals surface area contributed by atoms with Crippen molar-refractivity contribution in [1.29, 1.82) is 0 Å². The molecule has 0 aliphatic carbocycles. The van der Waals surface area contributed by atoms with E-state index >= 15 is 0 Å².